The van der Waals surface area contributed by atoms with Gasteiger partial charge in [-0.3, -0.25) is 4.79 Å². The molecule has 4 heteroatoms. The second-order valence-corrected chi connectivity index (χ2v) is 4.86. The monoisotopic (exact) mass is 218 g/mol. The lowest BCUT2D eigenvalue weighted by molar-refractivity contribution is -0.122. The Labute approximate surface area is 91.2 Å². The van der Waals surface area contributed by atoms with Gasteiger partial charge in [-0.15, -0.1) is 0 Å². The average Bonchev–Trinajstić information content (AvgIpc) is 2.11. The zero-order valence-electron chi connectivity index (χ0n) is 9.38. The van der Waals surface area contributed by atoms with Gasteiger partial charge < -0.3 is 11.1 Å². The van der Waals surface area contributed by atoms with Crippen molar-refractivity contribution in [2.24, 2.45) is 11.7 Å². The molecule has 0 spiro atoms. The second-order valence-electron chi connectivity index (χ2n) is 3.87. The van der Waals surface area contributed by atoms with Gasteiger partial charge in [0.1, 0.15) is 0 Å². The van der Waals surface area contributed by atoms with E-state index < -0.39 is 0 Å². The van der Waals surface area contributed by atoms with Gasteiger partial charge >= 0.3 is 0 Å². The van der Waals surface area contributed by atoms with Gasteiger partial charge in [0.2, 0.25) is 5.91 Å². The molecule has 0 saturated carbocycles. The second kappa shape index (κ2) is 8.12. The third kappa shape index (κ3) is 7.21. The van der Waals surface area contributed by atoms with Crippen molar-refractivity contribution in [3.63, 3.8) is 0 Å². The summed E-state index contributed by atoms with van der Waals surface area (Å²) in [5.74, 6) is 1.54. The fourth-order valence-electron chi connectivity index (χ4n) is 1.17. The largest absolute Gasteiger partial charge is 0.355 e. The summed E-state index contributed by atoms with van der Waals surface area (Å²) in [6.07, 6.45) is 3.84. The Morgan fingerprint density at radius 3 is 2.64 bits per heavy atom. The first-order valence-corrected chi connectivity index (χ1v) is 6.49. The van der Waals surface area contributed by atoms with Crippen LogP contribution in [0.1, 0.15) is 26.7 Å². The fraction of sp³-hybridized carbons (Fsp3) is 0.900. The lowest BCUT2D eigenvalue weighted by Crippen LogP contribution is -2.41. The molecule has 0 fully saturated rings. The van der Waals surface area contributed by atoms with Crippen LogP contribution >= 0.6 is 11.8 Å². The first kappa shape index (κ1) is 13.8. The summed E-state index contributed by atoms with van der Waals surface area (Å²) >= 11 is 1.79. The van der Waals surface area contributed by atoms with E-state index in [2.05, 4.69) is 25.4 Å². The number of amides is 1. The van der Waals surface area contributed by atoms with Gasteiger partial charge in [0, 0.05) is 6.54 Å². The Balaban J connectivity index is 3.52. The van der Waals surface area contributed by atoms with Gasteiger partial charge in [0.25, 0.3) is 0 Å². The summed E-state index contributed by atoms with van der Waals surface area (Å²) < 4.78 is 0. The van der Waals surface area contributed by atoms with Crippen molar-refractivity contribution >= 4 is 17.7 Å². The molecule has 1 atom stereocenters. The Morgan fingerprint density at radius 1 is 1.50 bits per heavy atom. The van der Waals surface area contributed by atoms with Crippen molar-refractivity contribution in [1.82, 2.24) is 5.32 Å². The molecule has 84 valence electrons. The Hall–Kier alpha value is -0.220. The molecule has 0 aliphatic carbocycles. The van der Waals surface area contributed by atoms with Gasteiger partial charge in [-0.05, 0) is 30.8 Å². The van der Waals surface area contributed by atoms with Gasteiger partial charge in [-0.25, -0.2) is 0 Å². The van der Waals surface area contributed by atoms with Crippen LogP contribution in [0.5, 0.6) is 0 Å². The highest BCUT2D eigenvalue weighted by Crippen LogP contribution is 2.02. The maximum atomic E-state index is 11.4. The van der Waals surface area contributed by atoms with Crippen molar-refractivity contribution in [3.05, 3.63) is 0 Å². The predicted molar refractivity (Wildman–Crippen MR) is 63.4 cm³/mol. The van der Waals surface area contributed by atoms with Crippen molar-refractivity contribution in [2.45, 2.75) is 32.7 Å². The van der Waals surface area contributed by atoms with E-state index in [4.69, 9.17) is 5.73 Å². The molecule has 0 saturated heterocycles. The third-order valence-electron chi connectivity index (χ3n) is 1.89. The van der Waals surface area contributed by atoms with Crippen molar-refractivity contribution in [2.75, 3.05) is 18.6 Å². The van der Waals surface area contributed by atoms with Gasteiger partial charge in [-0.1, -0.05) is 13.8 Å². The molecule has 0 unspecified atom stereocenters. The van der Waals surface area contributed by atoms with Crippen LogP contribution in [-0.2, 0) is 4.79 Å². The van der Waals surface area contributed by atoms with Crippen LogP contribution in [0.15, 0.2) is 0 Å². The van der Waals surface area contributed by atoms with Crippen LogP contribution in [-0.4, -0.2) is 30.5 Å². The number of thioether (sulfide) groups is 1. The Morgan fingerprint density at radius 2 is 2.14 bits per heavy atom. The lowest BCUT2D eigenvalue weighted by Gasteiger charge is -2.13. The van der Waals surface area contributed by atoms with Crippen molar-refractivity contribution in [1.29, 1.82) is 0 Å². The minimum Gasteiger partial charge on any atom is -0.355 e. The number of nitrogens with one attached hydrogen (secondary N) is 1. The predicted octanol–water partition coefficient (Wildman–Crippen LogP) is 1.23. The fourth-order valence-corrected chi connectivity index (χ4v) is 1.61. The smallest absolute Gasteiger partial charge is 0.236 e. The molecule has 3 nitrogen and oxygen atoms in total. The molecule has 0 aliphatic rings. The molecular formula is C10H22N2OS. The molecule has 0 heterocycles. The third-order valence-corrected chi connectivity index (χ3v) is 2.58. The van der Waals surface area contributed by atoms with E-state index in [9.17, 15) is 4.79 Å². The topological polar surface area (TPSA) is 55.1 Å². The SMILES string of the molecule is CSCCCNC(=O)[C@H](N)CC(C)C. The molecule has 0 aromatic rings. The van der Waals surface area contributed by atoms with Crippen LogP contribution in [0.2, 0.25) is 0 Å². The number of hydrogen-bond acceptors (Lipinski definition) is 3. The molecule has 1 amide bonds. The van der Waals surface area contributed by atoms with Crippen LogP contribution in [0.25, 0.3) is 0 Å². The van der Waals surface area contributed by atoms with Crippen LogP contribution in [0.4, 0.5) is 0 Å². The number of hydrogen-bond donors (Lipinski definition) is 2. The minimum absolute atomic E-state index is 0.0141. The van der Waals surface area contributed by atoms with E-state index in [1.165, 1.54) is 0 Å². The average molecular weight is 218 g/mol. The van der Waals surface area contributed by atoms with E-state index in [0.717, 1.165) is 25.1 Å². The summed E-state index contributed by atoms with van der Waals surface area (Å²) in [5.41, 5.74) is 5.72. The van der Waals surface area contributed by atoms with Crippen molar-refractivity contribution < 1.29 is 4.79 Å². The maximum absolute atomic E-state index is 11.4. The van der Waals surface area contributed by atoms with Gasteiger partial charge in [0.15, 0.2) is 0 Å². The van der Waals surface area contributed by atoms with Crippen molar-refractivity contribution in [3.8, 4) is 0 Å². The quantitative estimate of drug-likeness (QED) is 0.632. The molecule has 0 rings (SSSR count). The minimum atomic E-state index is -0.343. The Bertz CT molecular complexity index is 162. The van der Waals surface area contributed by atoms with Gasteiger partial charge in [0.05, 0.1) is 6.04 Å². The molecule has 0 aromatic carbocycles. The highest BCUT2D eigenvalue weighted by molar-refractivity contribution is 7.98. The summed E-state index contributed by atoms with van der Waals surface area (Å²) in [7, 11) is 0. The molecule has 3 N–H and O–H groups in total. The summed E-state index contributed by atoms with van der Waals surface area (Å²) in [5, 5.41) is 2.85. The van der Waals surface area contributed by atoms with E-state index in [-0.39, 0.29) is 11.9 Å². The molecule has 14 heavy (non-hydrogen) atoms. The van der Waals surface area contributed by atoms with E-state index in [1.54, 1.807) is 11.8 Å². The first-order chi connectivity index (χ1) is 6.57. The normalized spacial score (nSPS) is 12.9. The first-order valence-electron chi connectivity index (χ1n) is 5.10. The van der Waals surface area contributed by atoms with Gasteiger partial charge in [-0.2, -0.15) is 11.8 Å². The number of carbonyl (C=O) groups is 1. The molecular weight excluding hydrogens is 196 g/mol. The standard InChI is InChI=1S/C10H22N2OS/c1-8(2)7-9(11)10(13)12-5-4-6-14-3/h8-9H,4-7,11H2,1-3H3,(H,12,13)/t9-/m1/s1. The summed E-state index contributed by atoms with van der Waals surface area (Å²) in [6, 6.07) is -0.343. The number of nitrogens with two attached hydrogens (primary N) is 1. The molecule has 0 radical (unpaired) electrons. The molecule has 0 aromatic heterocycles. The zero-order valence-corrected chi connectivity index (χ0v) is 10.2. The summed E-state index contributed by atoms with van der Waals surface area (Å²) in [4.78, 5) is 11.4. The molecule has 0 aliphatic heterocycles. The number of carbonyl (C=O) groups excluding carboxylic acids is 1. The Kier molecular flexibility index (Phi) is 7.99. The molecule has 0 bridgehead atoms. The van der Waals surface area contributed by atoms with Crippen LogP contribution in [0, 0.1) is 5.92 Å². The van der Waals surface area contributed by atoms with E-state index in [0.29, 0.717) is 5.92 Å². The zero-order chi connectivity index (χ0) is 11.0. The van der Waals surface area contributed by atoms with Crippen LogP contribution < -0.4 is 11.1 Å². The van der Waals surface area contributed by atoms with E-state index >= 15 is 0 Å². The van der Waals surface area contributed by atoms with E-state index in [1.807, 2.05) is 0 Å². The highest BCUT2D eigenvalue weighted by atomic mass is 32.2. The summed E-state index contributed by atoms with van der Waals surface area (Å²) in [6.45, 7) is 4.88. The maximum Gasteiger partial charge on any atom is 0.236 e. The lowest BCUT2D eigenvalue weighted by atomic mass is 10.0. The highest BCUT2D eigenvalue weighted by Gasteiger charge is 2.13. The number of rotatable bonds is 7. The van der Waals surface area contributed by atoms with Crippen LogP contribution in [0.3, 0.4) is 0 Å².